The van der Waals surface area contributed by atoms with Crippen molar-refractivity contribution in [3.8, 4) is 0 Å². The van der Waals surface area contributed by atoms with Crippen molar-refractivity contribution in [1.29, 1.82) is 0 Å². The number of allylic oxidation sites excluding steroid dienone is 18. The van der Waals surface area contributed by atoms with Gasteiger partial charge in [0.1, 0.15) is 13.2 Å². The molecule has 0 spiro atoms. The van der Waals surface area contributed by atoms with Gasteiger partial charge in [0, 0.05) is 19.3 Å². The maximum atomic E-state index is 12.8. The summed E-state index contributed by atoms with van der Waals surface area (Å²) in [5, 5.41) is 0. The molecule has 0 unspecified atom stereocenters. The summed E-state index contributed by atoms with van der Waals surface area (Å²) in [7, 11) is 0. The Morgan fingerprint density at radius 3 is 1.03 bits per heavy atom. The minimum atomic E-state index is -0.821. The van der Waals surface area contributed by atoms with E-state index < -0.39 is 6.10 Å². The van der Waals surface area contributed by atoms with Crippen LogP contribution in [0.3, 0.4) is 0 Å². The molecule has 0 bridgehead atoms. The summed E-state index contributed by atoms with van der Waals surface area (Å²) in [6, 6.07) is 0. The Bertz CT molecular complexity index is 1410. The van der Waals surface area contributed by atoms with E-state index in [-0.39, 0.29) is 37.5 Å². The summed E-state index contributed by atoms with van der Waals surface area (Å²) in [6.07, 6.45) is 75.1. The van der Waals surface area contributed by atoms with Crippen LogP contribution in [-0.4, -0.2) is 37.2 Å². The van der Waals surface area contributed by atoms with Crippen molar-refractivity contribution in [2.45, 2.75) is 252 Å². The van der Waals surface area contributed by atoms with E-state index in [4.69, 9.17) is 14.2 Å². The van der Waals surface area contributed by atoms with Crippen molar-refractivity contribution < 1.29 is 28.6 Å². The molecule has 0 aromatic carbocycles. The van der Waals surface area contributed by atoms with Gasteiger partial charge in [0.15, 0.2) is 6.10 Å². The second kappa shape index (κ2) is 55.7. The smallest absolute Gasteiger partial charge is 0.306 e. The highest BCUT2D eigenvalue weighted by Crippen LogP contribution is 2.13. The van der Waals surface area contributed by atoms with E-state index in [1.165, 1.54) is 83.5 Å². The van der Waals surface area contributed by atoms with Gasteiger partial charge in [-0.15, -0.1) is 0 Å². The monoisotopic (exact) mass is 943 g/mol. The predicted molar refractivity (Wildman–Crippen MR) is 293 cm³/mol. The van der Waals surface area contributed by atoms with E-state index in [0.29, 0.717) is 19.3 Å². The molecule has 68 heavy (non-hydrogen) atoms. The lowest BCUT2D eigenvalue weighted by atomic mass is 10.1. The number of hydrogen-bond acceptors (Lipinski definition) is 6. The number of unbranched alkanes of at least 4 members (excludes halogenated alkanes) is 20. The van der Waals surface area contributed by atoms with E-state index in [1.807, 2.05) is 6.08 Å². The molecule has 0 N–H and O–H groups in total. The van der Waals surface area contributed by atoms with Crippen molar-refractivity contribution in [3.63, 3.8) is 0 Å². The average molecular weight is 943 g/mol. The number of hydrogen-bond donors (Lipinski definition) is 0. The normalized spacial score (nSPS) is 12.9. The third-order valence-corrected chi connectivity index (χ3v) is 11.5. The molecule has 1 atom stereocenters. The van der Waals surface area contributed by atoms with Crippen LogP contribution in [0.15, 0.2) is 109 Å². The van der Waals surface area contributed by atoms with Gasteiger partial charge < -0.3 is 14.2 Å². The fourth-order valence-corrected chi connectivity index (χ4v) is 7.32. The predicted octanol–water partition coefficient (Wildman–Crippen LogP) is 18.7. The molecule has 0 heterocycles. The van der Waals surface area contributed by atoms with E-state index in [9.17, 15) is 14.4 Å². The van der Waals surface area contributed by atoms with Crippen LogP contribution in [0.5, 0.6) is 0 Å². The fourth-order valence-electron chi connectivity index (χ4n) is 7.32. The summed E-state index contributed by atoms with van der Waals surface area (Å²) in [5.41, 5.74) is 0. The van der Waals surface area contributed by atoms with Gasteiger partial charge in [0.25, 0.3) is 0 Å². The van der Waals surface area contributed by atoms with Crippen LogP contribution in [0, 0.1) is 0 Å². The summed E-state index contributed by atoms with van der Waals surface area (Å²) in [6.45, 7) is 6.41. The largest absolute Gasteiger partial charge is 0.462 e. The Kier molecular flexibility index (Phi) is 52.4. The lowest BCUT2D eigenvalue weighted by Crippen LogP contribution is -2.30. The van der Waals surface area contributed by atoms with E-state index in [2.05, 4.69) is 124 Å². The van der Waals surface area contributed by atoms with Gasteiger partial charge in [-0.2, -0.15) is 0 Å². The van der Waals surface area contributed by atoms with Crippen LogP contribution < -0.4 is 0 Å². The highest BCUT2D eigenvalue weighted by molar-refractivity contribution is 5.71. The lowest BCUT2D eigenvalue weighted by molar-refractivity contribution is -0.166. The maximum Gasteiger partial charge on any atom is 0.306 e. The second-order valence-corrected chi connectivity index (χ2v) is 18.1. The number of carbonyl (C=O) groups excluding carboxylic acids is 3. The number of rotatable bonds is 49. The minimum Gasteiger partial charge on any atom is -0.462 e. The summed E-state index contributed by atoms with van der Waals surface area (Å²) in [4.78, 5) is 38.1. The van der Waals surface area contributed by atoms with E-state index in [1.54, 1.807) is 0 Å². The zero-order valence-corrected chi connectivity index (χ0v) is 44.1. The van der Waals surface area contributed by atoms with Crippen LogP contribution in [-0.2, 0) is 28.6 Å². The van der Waals surface area contributed by atoms with Gasteiger partial charge in [-0.3, -0.25) is 14.4 Å². The molecule has 0 aliphatic heterocycles. The summed E-state index contributed by atoms with van der Waals surface area (Å²) < 4.78 is 16.8. The first kappa shape index (κ1) is 64.1. The van der Waals surface area contributed by atoms with Crippen molar-refractivity contribution >= 4 is 17.9 Å². The summed E-state index contributed by atoms with van der Waals surface area (Å²) >= 11 is 0. The van der Waals surface area contributed by atoms with Crippen LogP contribution >= 0.6 is 0 Å². The van der Waals surface area contributed by atoms with Crippen molar-refractivity contribution in [2.75, 3.05) is 13.2 Å². The first-order valence-electron chi connectivity index (χ1n) is 27.9. The molecule has 0 rings (SSSR count). The van der Waals surface area contributed by atoms with Gasteiger partial charge in [-0.1, -0.05) is 220 Å². The van der Waals surface area contributed by atoms with Crippen LogP contribution in [0.25, 0.3) is 0 Å². The third kappa shape index (κ3) is 53.0. The molecule has 0 radical (unpaired) electrons. The van der Waals surface area contributed by atoms with Gasteiger partial charge in [0.05, 0.1) is 0 Å². The summed E-state index contributed by atoms with van der Waals surface area (Å²) in [5.74, 6) is -1.02. The molecule has 0 aromatic heterocycles. The van der Waals surface area contributed by atoms with Gasteiger partial charge >= 0.3 is 17.9 Å². The zero-order chi connectivity index (χ0) is 49.3. The highest BCUT2D eigenvalue weighted by Gasteiger charge is 2.19. The Morgan fingerprint density at radius 2 is 0.603 bits per heavy atom. The molecular formula is C62H102O6. The Labute approximate surface area is 419 Å². The van der Waals surface area contributed by atoms with Crippen LogP contribution in [0.2, 0.25) is 0 Å². The number of carbonyl (C=O) groups is 3. The zero-order valence-electron chi connectivity index (χ0n) is 44.1. The minimum absolute atomic E-state index is 0.113. The first-order chi connectivity index (χ1) is 33.5. The Hall–Kier alpha value is -3.93. The van der Waals surface area contributed by atoms with Crippen molar-refractivity contribution in [3.05, 3.63) is 109 Å². The van der Waals surface area contributed by atoms with Gasteiger partial charge in [0.2, 0.25) is 0 Å². The molecule has 0 aromatic rings. The molecule has 0 aliphatic carbocycles. The Morgan fingerprint density at radius 1 is 0.309 bits per heavy atom. The first-order valence-corrected chi connectivity index (χ1v) is 27.9. The maximum absolute atomic E-state index is 12.8. The highest BCUT2D eigenvalue weighted by atomic mass is 16.6. The van der Waals surface area contributed by atoms with Crippen LogP contribution in [0.1, 0.15) is 245 Å². The SMILES string of the molecule is CC/C=C\C/C=C\C/C=C\C/C=C\C/C=C\C/C=C\CCC(=O)OC[C@@H](COC(=O)CCCCCCC/C=C\C/C=C\CCCCC)OC(=O)CCCCCCC/C=C\CCCCCCCCC. The van der Waals surface area contributed by atoms with Crippen molar-refractivity contribution in [1.82, 2.24) is 0 Å². The standard InChI is InChI=1S/C62H102O6/c1-4-7-10-13-16-19-22-25-28-30-31-32-35-37-40-43-46-49-52-55-61(64)67-58-59(57-66-60(63)54-51-48-45-42-39-36-33-27-24-21-18-15-12-9-6-3)68-62(65)56-53-50-47-44-41-38-34-29-26-23-20-17-14-11-8-5-2/h7,10,16,18-19,21,25,27-29,31-34,37,40,46,49,59H,4-6,8-9,11-15,17,20,22-24,26,30,35-36,38-39,41-45,47-48,50-58H2,1-3H3/b10-7-,19-16-,21-18-,28-25-,32-31-,33-27-,34-29-,40-37-,49-46-/t59-/m1/s1. The Balaban J connectivity index is 4.54. The third-order valence-electron chi connectivity index (χ3n) is 11.5. The van der Waals surface area contributed by atoms with Crippen molar-refractivity contribution in [2.24, 2.45) is 0 Å². The quantitative estimate of drug-likeness (QED) is 0.0262. The second-order valence-electron chi connectivity index (χ2n) is 18.1. The van der Waals surface area contributed by atoms with Gasteiger partial charge in [-0.05, 0) is 116 Å². The number of esters is 3. The molecule has 0 saturated carbocycles. The molecule has 6 heteroatoms. The van der Waals surface area contributed by atoms with Gasteiger partial charge in [-0.25, -0.2) is 0 Å². The molecule has 386 valence electrons. The lowest BCUT2D eigenvalue weighted by Gasteiger charge is -2.18. The van der Waals surface area contributed by atoms with E-state index >= 15 is 0 Å². The molecular weight excluding hydrogens is 841 g/mol. The molecule has 0 fully saturated rings. The fraction of sp³-hybridized carbons (Fsp3) is 0.661. The topological polar surface area (TPSA) is 78.9 Å². The molecule has 0 amide bonds. The molecule has 0 saturated heterocycles. The molecule has 0 aliphatic rings. The molecule has 6 nitrogen and oxygen atoms in total. The average Bonchev–Trinajstić information content (AvgIpc) is 3.34. The van der Waals surface area contributed by atoms with E-state index in [0.717, 1.165) is 116 Å². The van der Waals surface area contributed by atoms with Crippen LogP contribution in [0.4, 0.5) is 0 Å². The number of ether oxygens (including phenoxy) is 3.